The quantitative estimate of drug-likeness (QED) is 0.851. The molecular formula is C12H14N4O. The second kappa shape index (κ2) is 3.92. The summed E-state index contributed by atoms with van der Waals surface area (Å²) in [4.78, 5) is 8.36. The Bertz CT molecular complexity index is 502. The maximum Gasteiger partial charge on any atom is 0.258 e. The first kappa shape index (κ1) is 10.4. The predicted molar refractivity (Wildman–Crippen MR) is 61.9 cm³/mol. The smallest absolute Gasteiger partial charge is 0.258 e. The normalized spacial score (nSPS) is 18.4. The molecule has 0 spiro atoms. The maximum absolute atomic E-state index is 6.27. The molecule has 88 valence electrons. The van der Waals surface area contributed by atoms with Gasteiger partial charge in [-0.25, -0.2) is 0 Å². The molecule has 0 atom stereocenters. The molecule has 1 saturated carbocycles. The molecular weight excluding hydrogens is 216 g/mol. The molecule has 5 nitrogen and oxygen atoms in total. The van der Waals surface area contributed by atoms with Crippen molar-refractivity contribution in [3.05, 3.63) is 30.4 Å². The molecule has 2 N–H and O–H groups in total. The van der Waals surface area contributed by atoms with E-state index < -0.39 is 5.54 Å². The molecule has 1 aliphatic carbocycles. The minimum Gasteiger partial charge on any atom is -0.334 e. The Hall–Kier alpha value is -1.75. The summed E-state index contributed by atoms with van der Waals surface area (Å²) in [5, 5.41) is 4.01. The Kier molecular flexibility index (Phi) is 2.40. The van der Waals surface area contributed by atoms with Gasteiger partial charge in [-0.2, -0.15) is 4.98 Å². The van der Waals surface area contributed by atoms with Gasteiger partial charge >= 0.3 is 0 Å². The second-order valence-electron chi connectivity index (χ2n) is 4.52. The van der Waals surface area contributed by atoms with Crippen molar-refractivity contribution in [2.45, 2.75) is 31.2 Å². The van der Waals surface area contributed by atoms with Gasteiger partial charge in [-0.15, -0.1) is 0 Å². The average molecular weight is 230 g/mol. The maximum atomic E-state index is 6.27. The molecule has 2 aromatic heterocycles. The average Bonchev–Trinajstić information content (AvgIpc) is 2.99. The van der Waals surface area contributed by atoms with Crippen molar-refractivity contribution in [2.75, 3.05) is 0 Å². The number of pyridine rings is 1. The van der Waals surface area contributed by atoms with Gasteiger partial charge in [-0.05, 0) is 25.0 Å². The molecule has 0 unspecified atom stereocenters. The lowest BCUT2D eigenvalue weighted by molar-refractivity contribution is 0.372. The van der Waals surface area contributed by atoms with Crippen molar-refractivity contribution in [1.82, 2.24) is 15.1 Å². The Morgan fingerprint density at radius 1 is 1.18 bits per heavy atom. The van der Waals surface area contributed by atoms with E-state index in [1.165, 1.54) is 0 Å². The Labute approximate surface area is 99.1 Å². The number of aromatic nitrogens is 3. The van der Waals surface area contributed by atoms with E-state index in [4.69, 9.17) is 10.3 Å². The van der Waals surface area contributed by atoms with Crippen LogP contribution in [0.5, 0.6) is 0 Å². The summed E-state index contributed by atoms with van der Waals surface area (Å²) in [5.74, 6) is 1.14. The third-order valence-electron chi connectivity index (χ3n) is 3.29. The lowest BCUT2D eigenvalue weighted by atomic mass is 9.99. The van der Waals surface area contributed by atoms with E-state index in [0.29, 0.717) is 11.7 Å². The van der Waals surface area contributed by atoms with Crippen LogP contribution in [0.4, 0.5) is 0 Å². The van der Waals surface area contributed by atoms with E-state index in [-0.39, 0.29) is 0 Å². The van der Waals surface area contributed by atoms with Gasteiger partial charge in [0.25, 0.3) is 5.89 Å². The van der Waals surface area contributed by atoms with Gasteiger partial charge in [0.15, 0.2) is 5.82 Å². The highest BCUT2D eigenvalue weighted by atomic mass is 16.5. The van der Waals surface area contributed by atoms with Crippen LogP contribution in [0.1, 0.15) is 31.5 Å². The lowest BCUT2D eigenvalue weighted by Gasteiger charge is -2.17. The van der Waals surface area contributed by atoms with Crippen LogP contribution in [0.15, 0.2) is 29.0 Å². The third-order valence-corrected chi connectivity index (χ3v) is 3.29. The van der Waals surface area contributed by atoms with Gasteiger partial charge in [0, 0.05) is 18.0 Å². The summed E-state index contributed by atoms with van der Waals surface area (Å²) in [5.41, 5.74) is 6.76. The summed E-state index contributed by atoms with van der Waals surface area (Å²) in [6.45, 7) is 0. The molecule has 1 aliphatic rings. The highest BCUT2D eigenvalue weighted by molar-refractivity contribution is 5.51. The minimum absolute atomic E-state index is 0.394. The fraction of sp³-hybridized carbons (Fsp3) is 0.417. The molecule has 0 aromatic carbocycles. The highest BCUT2D eigenvalue weighted by Crippen LogP contribution is 2.35. The van der Waals surface area contributed by atoms with Crippen LogP contribution in [0, 0.1) is 0 Å². The van der Waals surface area contributed by atoms with Crippen molar-refractivity contribution in [2.24, 2.45) is 5.73 Å². The summed E-state index contributed by atoms with van der Waals surface area (Å²) < 4.78 is 5.26. The van der Waals surface area contributed by atoms with E-state index in [2.05, 4.69) is 15.1 Å². The summed E-state index contributed by atoms with van der Waals surface area (Å²) in [6, 6.07) is 3.68. The standard InChI is InChI=1S/C12H14N4O/c13-12(5-1-2-6-12)11-15-10(17-16-11)9-3-7-14-8-4-9/h3-4,7-8H,1-2,5-6,13H2. The zero-order valence-corrected chi connectivity index (χ0v) is 9.47. The number of hydrogen-bond acceptors (Lipinski definition) is 5. The van der Waals surface area contributed by atoms with Crippen molar-refractivity contribution < 1.29 is 4.52 Å². The van der Waals surface area contributed by atoms with E-state index in [9.17, 15) is 0 Å². The van der Waals surface area contributed by atoms with Crippen LogP contribution >= 0.6 is 0 Å². The van der Waals surface area contributed by atoms with Gasteiger partial charge < -0.3 is 10.3 Å². The Morgan fingerprint density at radius 2 is 1.88 bits per heavy atom. The topological polar surface area (TPSA) is 77.8 Å². The molecule has 1 fully saturated rings. The third kappa shape index (κ3) is 1.82. The molecule has 0 aliphatic heterocycles. The predicted octanol–water partition coefficient (Wildman–Crippen LogP) is 1.86. The van der Waals surface area contributed by atoms with Crippen LogP contribution < -0.4 is 5.73 Å². The molecule has 0 saturated heterocycles. The molecule has 17 heavy (non-hydrogen) atoms. The Morgan fingerprint density at radius 3 is 2.59 bits per heavy atom. The fourth-order valence-electron chi connectivity index (χ4n) is 2.27. The first-order chi connectivity index (χ1) is 8.28. The van der Waals surface area contributed by atoms with Crippen molar-refractivity contribution in [1.29, 1.82) is 0 Å². The fourth-order valence-corrected chi connectivity index (χ4v) is 2.27. The number of rotatable bonds is 2. The van der Waals surface area contributed by atoms with Gasteiger partial charge in [-0.1, -0.05) is 18.0 Å². The number of nitrogens with two attached hydrogens (primary N) is 1. The van der Waals surface area contributed by atoms with Crippen LogP contribution in [-0.2, 0) is 5.54 Å². The first-order valence-corrected chi connectivity index (χ1v) is 5.81. The molecule has 5 heteroatoms. The molecule has 2 heterocycles. The van der Waals surface area contributed by atoms with Crippen LogP contribution in [0.2, 0.25) is 0 Å². The molecule has 0 bridgehead atoms. The van der Waals surface area contributed by atoms with Crippen LogP contribution in [-0.4, -0.2) is 15.1 Å². The second-order valence-corrected chi connectivity index (χ2v) is 4.52. The zero-order chi connectivity index (χ0) is 11.7. The van der Waals surface area contributed by atoms with E-state index in [0.717, 1.165) is 31.2 Å². The zero-order valence-electron chi connectivity index (χ0n) is 9.47. The molecule has 0 radical (unpaired) electrons. The van der Waals surface area contributed by atoms with E-state index >= 15 is 0 Å². The molecule has 0 amide bonds. The van der Waals surface area contributed by atoms with Gasteiger partial charge in [0.05, 0.1) is 5.54 Å². The highest BCUT2D eigenvalue weighted by Gasteiger charge is 2.36. The monoisotopic (exact) mass is 230 g/mol. The molecule has 3 rings (SSSR count). The SMILES string of the molecule is NC1(c2noc(-c3ccncc3)n2)CCCC1. The van der Waals surface area contributed by atoms with Gasteiger partial charge in [0.1, 0.15) is 0 Å². The molecule has 2 aromatic rings. The van der Waals surface area contributed by atoms with Crippen LogP contribution in [0.25, 0.3) is 11.5 Å². The lowest BCUT2D eigenvalue weighted by Crippen LogP contribution is -2.34. The minimum atomic E-state index is -0.394. The van der Waals surface area contributed by atoms with Crippen molar-refractivity contribution in [3.8, 4) is 11.5 Å². The van der Waals surface area contributed by atoms with Gasteiger partial charge in [-0.3, -0.25) is 4.98 Å². The van der Waals surface area contributed by atoms with Crippen LogP contribution in [0.3, 0.4) is 0 Å². The largest absolute Gasteiger partial charge is 0.334 e. The summed E-state index contributed by atoms with van der Waals surface area (Å²) in [7, 11) is 0. The first-order valence-electron chi connectivity index (χ1n) is 5.81. The summed E-state index contributed by atoms with van der Waals surface area (Å²) >= 11 is 0. The van der Waals surface area contributed by atoms with Crippen molar-refractivity contribution >= 4 is 0 Å². The van der Waals surface area contributed by atoms with Gasteiger partial charge in [0.2, 0.25) is 0 Å². The Balaban J connectivity index is 1.93. The number of hydrogen-bond donors (Lipinski definition) is 1. The summed E-state index contributed by atoms with van der Waals surface area (Å²) in [6.07, 6.45) is 7.54. The number of nitrogens with zero attached hydrogens (tertiary/aromatic N) is 3. The van der Waals surface area contributed by atoms with Crippen molar-refractivity contribution in [3.63, 3.8) is 0 Å². The van der Waals surface area contributed by atoms with E-state index in [1.807, 2.05) is 12.1 Å². The van der Waals surface area contributed by atoms with E-state index in [1.54, 1.807) is 12.4 Å².